The summed E-state index contributed by atoms with van der Waals surface area (Å²) in [5.41, 5.74) is -3.34. The third-order valence-electron chi connectivity index (χ3n) is 2.01. The molecule has 0 radical (unpaired) electrons. The minimum atomic E-state index is -4.93. The molecule has 0 aromatic heterocycles. The van der Waals surface area contributed by atoms with Gasteiger partial charge in [0.05, 0.1) is 23.2 Å². The lowest BCUT2D eigenvalue weighted by molar-refractivity contribution is -0.388. The van der Waals surface area contributed by atoms with Crippen molar-refractivity contribution in [1.29, 1.82) is 5.26 Å². The number of nitrogens with zero attached hydrogens (tertiary/aromatic N) is 2. The first-order valence-electron chi connectivity index (χ1n) is 4.20. The molecule has 0 atom stereocenters. The SMILES string of the molecule is N#Cc1cc(C(F)(F)F)c([N+](=O)[O-])cc1CO. The normalized spacial score (nSPS) is 11.0. The number of halogens is 3. The summed E-state index contributed by atoms with van der Waals surface area (Å²) in [6.45, 7) is -0.748. The van der Waals surface area contributed by atoms with E-state index >= 15 is 0 Å². The quantitative estimate of drug-likeness (QED) is 0.638. The number of hydrogen-bond donors (Lipinski definition) is 1. The van der Waals surface area contributed by atoms with Crippen molar-refractivity contribution in [1.82, 2.24) is 0 Å². The summed E-state index contributed by atoms with van der Waals surface area (Å²) >= 11 is 0. The fourth-order valence-corrected chi connectivity index (χ4v) is 1.24. The van der Waals surface area contributed by atoms with E-state index in [2.05, 4.69) is 0 Å². The van der Waals surface area contributed by atoms with E-state index in [9.17, 15) is 23.3 Å². The molecule has 0 amide bonds. The molecule has 0 saturated carbocycles. The first-order valence-corrected chi connectivity index (χ1v) is 4.20. The Morgan fingerprint density at radius 2 is 2.06 bits per heavy atom. The molecular formula is C9H5F3N2O3. The Morgan fingerprint density at radius 1 is 1.47 bits per heavy atom. The molecule has 0 spiro atoms. The van der Waals surface area contributed by atoms with Crippen molar-refractivity contribution in [2.75, 3.05) is 0 Å². The number of aliphatic hydroxyl groups excluding tert-OH is 1. The first-order chi connectivity index (χ1) is 7.81. The Kier molecular flexibility index (Phi) is 3.34. The van der Waals surface area contributed by atoms with Crippen molar-refractivity contribution in [3.8, 4) is 6.07 Å². The monoisotopic (exact) mass is 246 g/mol. The summed E-state index contributed by atoms with van der Waals surface area (Å²) < 4.78 is 37.5. The predicted octanol–water partition coefficient (Wildman–Crippen LogP) is 1.98. The van der Waals surface area contributed by atoms with Crippen molar-refractivity contribution >= 4 is 5.69 Å². The molecular weight excluding hydrogens is 241 g/mol. The van der Waals surface area contributed by atoms with E-state index in [1.54, 1.807) is 0 Å². The van der Waals surface area contributed by atoms with Gasteiger partial charge >= 0.3 is 6.18 Å². The van der Waals surface area contributed by atoms with E-state index in [0.29, 0.717) is 12.1 Å². The van der Waals surface area contributed by atoms with E-state index in [4.69, 9.17) is 10.4 Å². The van der Waals surface area contributed by atoms with E-state index in [-0.39, 0.29) is 5.56 Å². The first kappa shape index (κ1) is 12.9. The smallest absolute Gasteiger partial charge is 0.392 e. The van der Waals surface area contributed by atoms with Gasteiger partial charge in [-0.2, -0.15) is 18.4 Å². The van der Waals surface area contributed by atoms with Crippen LogP contribution in [0.5, 0.6) is 0 Å². The van der Waals surface area contributed by atoms with Crippen LogP contribution in [0, 0.1) is 21.4 Å². The van der Waals surface area contributed by atoms with Crippen LogP contribution in [0.15, 0.2) is 12.1 Å². The second-order valence-corrected chi connectivity index (χ2v) is 3.05. The van der Waals surface area contributed by atoms with Crippen LogP contribution in [0.2, 0.25) is 0 Å². The van der Waals surface area contributed by atoms with E-state index < -0.39 is 34.5 Å². The van der Waals surface area contributed by atoms with Crippen molar-refractivity contribution in [2.24, 2.45) is 0 Å². The van der Waals surface area contributed by atoms with Crippen LogP contribution in [-0.2, 0) is 12.8 Å². The molecule has 5 nitrogen and oxygen atoms in total. The highest BCUT2D eigenvalue weighted by molar-refractivity contribution is 5.52. The van der Waals surface area contributed by atoms with Crippen molar-refractivity contribution < 1.29 is 23.2 Å². The summed E-state index contributed by atoms with van der Waals surface area (Å²) in [6, 6.07) is 2.36. The molecule has 0 aliphatic rings. The van der Waals surface area contributed by atoms with E-state index in [1.807, 2.05) is 0 Å². The standard InChI is InChI=1S/C9H5F3N2O3/c10-9(11,12)7-1-5(3-13)6(4-15)2-8(7)14(16)17/h1-2,15H,4H2. The summed E-state index contributed by atoms with van der Waals surface area (Å²) in [4.78, 5) is 9.27. The second kappa shape index (κ2) is 4.39. The fourth-order valence-electron chi connectivity index (χ4n) is 1.24. The molecule has 0 aliphatic carbocycles. The van der Waals surface area contributed by atoms with Crippen LogP contribution < -0.4 is 0 Å². The Balaban J connectivity index is 3.59. The molecule has 0 aliphatic heterocycles. The molecule has 1 aromatic carbocycles. The second-order valence-electron chi connectivity index (χ2n) is 3.05. The summed E-state index contributed by atoms with van der Waals surface area (Å²) in [6.07, 6.45) is -4.93. The molecule has 1 rings (SSSR count). The molecule has 0 bridgehead atoms. The van der Waals surface area contributed by atoms with Gasteiger partial charge in [-0.3, -0.25) is 10.1 Å². The van der Waals surface area contributed by atoms with E-state index in [0.717, 1.165) is 0 Å². The zero-order chi connectivity index (χ0) is 13.2. The van der Waals surface area contributed by atoms with Crippen molar-refractivity contribution in [3.63, 3.8) is 0 Å². The minimum absolute atomic E-state index is 0.216. The molecule has 0 heterocycles. The topological polar surface area (TPSA) is 87.2 Å². The van der Waals surface area contributed by atoms with Gasteiger partial charge in [0.25, 0.3) is 5.69 Å². The Bertz CT molecular complexity index is 505. The number of nitriles is 1. The number of rotatable bonds is 2. The maximum absolute atomic E-state index is 12.5. The number of alkyl halides is 3. The van der Waals surface area contributed by atoms with Gasteiger partial charge in [-0.05, 0) is 6.07 Å². The summed E-state index contributed by atoms with van der Waals surface area (Å²) in [5, 5.41) is 27.8. The minimum Gasteiger partial charge on any atom is -0.392 e. The van der Waals surface area contributed by atoms with Gasteiger partial charge in [-0.1, -0.05) is 0 Å². The average Bonchev–Trinajstić information content (AvgIpc) is 2.25. The zero-order valence-corrected chi connectivity index (χ0v) is 8.15. The van der Waals surface area contributed by atoms with Crippen LogP contribution in [-0.4, -0.2) is 10.0 Å². The molecule has 0 saturated heterocycles. The number of hydrogen-bond acceptors (Lipinski definition) is 4. The zero-order valence-electron chi connectivity index (χ0n) is 8.15. The highest BCUT2D eigenvalue weighted by Crippen LogP contribution is 2.37. The molecule has 90 valence electrons. The van der Waals surface area contributed by atoms with Crippen LogP contribution in [0.3, 0.4) is 0 Å². The summed E-state index contributed by atoms with van der Waals surface area (Å²) in [7, 11) is 0. The van der Waals surface area contributed by atoms with Gasteiger partial charge in [-0.15, -0.1) is 0 Å². The van der Waals surface area contributed by atoms with Crippen molar-refractivity contribution in [2.45, 2.75) is 12.8 Å². The Morgan fingerprint density at radius 3 is 2.41 bits per heavy atom. The van der Waals surface area contributed by atoms with Crippen molar-refractivity contribution in [3.05, 3.63) is 38.9 Å². The maximum atomic E-state index is 12.5. The Hall–Kier alpha value is -2.14. The number of nitro groups is 1. The van der Waals surface area contributed by atoms with Crippen LogP contribution >= 0.6 is 0 Å². The van der Waals surface area contributed by atoms with Gasteiger partial charge < -0.3 is 5.11 Å². The van der Waals surface area contributed by atoms with Gasteiger partial charge in [-0.25, -0.2) is 0 Å². The lowest BCUT2D eigenvalue weighted by Gasteiger charge is -2.09. The van der Waals surface area contributed by atoms with Gasteiger partial charge in [0.15, 0.2) is 0 Å². The molecule has 8 heteroatoms. The fraction of sp³-hybridized carbons (Fsp3) is 0.222. The van der Waals surface area contributed by atoms with Gasteiger partial charge in [0, 0.05) is 11.6 Å². The largest absolute Gasteiger partial charge is 0.423 e. The molecule has 0 unspecified atom stereocenters. The average molecular weight is 246 g/mol. The number of aliphatic hydroxyl groups is 1. The molecule has 1 aromatic rings. The highest BCUT2D eigenvalue weighted by Gasteiger charge is 2.39. The van der Waals surface area contributed by atoms with Crippen LogP contribution in [0.25, 0.3) is 0 Å². The number of benzene rings is 1. The Labute approximate surface area is 92.9 Å². The maximum Gasteiger partial charge on any atom is 0.423 e. The third kappa shape index (κ3) is 2.51. The van der Waals surface area contributed by atoms with Crippen LogP contribution in [0.1, 0.15) is 16.7 Å². The van der Waals surface area contributed by atoms with E-state index in [1.165, 1.54) is 6.07 Å². The predicted molar refractivity (Wildman–Crippen MR) is 48.7 cm³/mol. The van der Waals surface area contributed by atoms with Crippen LogP contribution in [0.4, 0.5) is 18.9 Å². The van der Waals surface area contributed by atoms with Gasteiger partial charge in [0.2, 0.25) is 0 Å². The molecule has 0 fully saturated rings. The lowest BCUT2D eigenvalue weighted by Crippen LogP contribution is -2.10. The molecule has 1 N–H and O–H groups in total. The summed E-state index contributed by atoms with van der Waals surface area (Å²) in [5.74, 6) is 0. The highest BCUT2D eigenvalue weighted by atomic mass is 19.4. The molecule has 17 heavy (non-hydrogen) atoms. The number of nitro benzene ring substituents is 1. The lowest BCUT2D eigenvalue weighted by atomic mass is 10.0. The third-order valence-corrected chi connectivity index (χ3v) is 2.01. The van der Waals surface area contributed by atoms with Gasteiger partial charge in [0.1, 0.15) is 5.56 Å².